The second-order valence-electron chi connectivity index (χ2n) is 3.58. The predicted molar refractivity (Wildman–Crippen MR) is 65.3 cm³/mol. The highest BCUT2D eigenvalue weighted by molar-refractivity contribution is 5.80. The number of hydrogen-bond acceptors (Lipinski definition) is 1. The van der Waals surface area contributed by atoms with Crippen LogP contribution in [0, 0.1) is 0 Å². The predicted octanol–water partition coefficient (Wildman–Crippen LogP) is 2.36. The van der Waals surface area contributed by atoms with Gasteiger partial charge < -0.3 is 10.6 Å². The van der Waals surface area contributed by atoms with Gasteiger partial charge >= 0.3 is 0 Å². The molecule has 0 aliphatic heterocycles. The summed E-state index contributed by atoms with van der Waals surface area (Å²) >= 11 is 0. The van der Waals surface area contributed by atoms with Gasteiger partial charge in [0, 0.05) is 13.6 Å². The van der Waals surface area contributed by atoms with E-state index in [0.29, 0.717) is 5.96 Å². The molecule has 0 unspecified atom stereocenters. The molecule has 15 heavy (non-hydrogen) atoms. The molecule has 0 aliphatic rings. The van der Waals surface area contributed by atoms with Crippen molar-refractivity contribution in [3.05, 3.63) is 30.3 Å². The summed E-state index contributed by atoms with van der Waals surface area (Å²) < 4.78 is 0. The van der Waals surface area contributed by atoms with Crippen molar-refractivity contribution >= 4 is 11.6 Å². The summed E-state index contributed by atoms with van der Waals surface area (Å²) in [6.07, 6.45) is 2.31. The minimum atomic E-state index is 0.578. The number of nitrogens with zero attached hydrogens (tertiary/aromatic N) is 2. The van der Waals surface area contributed by atoms with Crippen LogP contribution in [0.2, 0.25) is 0 Å². The fourth-order valence-electron chi connectivity index (χ4n) is 1.23. The van der Waals surface area contributed by atoms with E-state index < -0.39 is 0 Å². The lowest BCUT2D eigenvalue weighted by atomic mass is 10.3. The van der Waals surface area contributed by atoms with Crippen molar-refractivity contribution < 1.29 is 0 Å². The van der Waals surface area contributed by atoms with Crippen LogP contribution in [-0.4, -0.2) is 24.5 Å². The molecule has 0 fully saturated rings. The van der Waals surface area contributed by atoms with Crippen LogP contribution in [0.4, 0.5) is 5.69 Å². The number of aliphatic imine (C=N–C) groups is 1. The van der Waals surface area contributed by atoms with Gasteiger partial charge in [0.25, 0.3) is 0 Å². The largest absolute Gasteiger partial charge is 0.369 e. The molecule has 0 bridgehead atoms. The van der Waals surface area contributed by atoms with Crippen molar-refractivity contribution in [3.8, 4) is 0 Å². The van der Waals surface area contributed by atoms with E-state index in [4.69, 9.17) is 5.73 Å². The molecule has 0 atom stereocenters. The molecule has 82 valence electrons. The Labute approximate surface area is 91.6 Å². The molecule has 0 aromatic heterocycles. The van der Waals surface area contributed by atoms with Crippen LogP contribution in [0.15, 0.2) is 35.3 Å². The van der Waals surface area contributed by atoms with Crippen LogP contribution >= 0.6 is 0 Å². The Kier molecular flexibility index (Phi) is 4.68. The van der Waals surface area contributed by atoms with E-state index in [1.54, 1.807) is 0 Å². The quantitative estimate of drug-likeness (QED) is 0.605. The van der Waals surface area contributed by atoms with Gasteiger partial charge in [-0.15, -0.1) is 0 Å². The highest BCUT2D eigenvalue weighted by Gasteiger charge is 2.00. The second-order valence-corrected chi connectivity index (χ2v) is 3.58. The smallest absolute Gasteiger partial charge is 0.196 e. The Morgan fingerprint density at radius 3 is 2.60 bits per heavy atom. The lowest BCUT2D eigenvalue weighted by molar-refractivity contribution is 0.480. The molecule has 0 spiro atoms. The van der Waals surface area contributed by atoms with Crippen molar-refractivity contribution in [1.82, 2.24) is 4.90 Å². The summed E-state index contributed by atoms with van der Waals surface area (Å²) in [7, 11) is 1.97. The zero-order valence-electron chi connectivity index (χ0n) is 9.48. The van der Waals surface area contributed by atoms with E-state index in [1.165, 1.54) is 6.42 Å². The third-order valence-corrected chi connectivity index (χ3v) is 2.24. The number of benzene rings is 1. The van der Waals surface area contributed by atoms with E-state index in [1.807, 2.05) is 42.3 Å². The number of unbranched alkanes of at least 4 members (excludes halogenated alkanes) is 1. The number of nitrogens with two attached hydrogens (primary N) is 1. The summed E-state index contributed by atoms with van der Waals surface area (Å²) in [6, 6.07) is 9.77. The zero-order valence-corrected chi connectivity index (χ0v) is 9.48. The number of rotatable bonds is 4. The maximum Gasteiger partial charge on any atom is 0.196 e. The maximum absolute atomic E-state index is 5.87. The Hall–Kier alpha value is -1.51. The molecule has 2 N–H and O–H groups in total. The molecule has 0 aliphatic carbocycles. The average molecular weight is 205 g/mol. The van der Waals surface area contributed by atoms with Gasteiger partial charge in [0.2, 0.25) is 0 Å². The summed E-state index contributed by atoms with van der Waals surface area (Å²) in [6.45, 7) is 3.12. The van der Waals surface area contributed by atoms with Crippen molar-refractivity contribution in [2.45, 2.75) is 19.8 Å². The Morgan fingerprint density at radius 2 is 2.00 bits per heavy atom. The van der Waals surface area contributed by atoms with Crippen molar-refractivity contribution in [2.24, 2.45) is 10.7 Å². The molecule has 0 amide bonds. The fourth-order valence-corrected chi connectivity index (χ4v) is 1.23. The third-order valence-electron chi connectivity index (χ3n) is 2.24. The van der Waals surface area contributed by atoms with Gasteiger partial charge in [-0.3, -0.25) is 0 Å². The van der Waals surface area contributed by atoms with Crippen molar-refractivity contribution in [1.29, 1.82) is 0 Å². The van der Waals surface area contributed by atoms with Gasteiger partial charge in [0.15, 0.2) is 5.96 Å². The van der Waals surface area contributed by atoms with Gasteiger partial charge in [0.05, 0.1) is 5.69 Å². The summed E-state index contributed by atoms with van der Waals surface area (Å²) in [5.41, 5.74) is 6.77. The SMILES string of the molecule is CCCCN(C)C(N)=Nc1ccccc1. The van der Waals surface area contributed by atoms with Crippen molar-refractivity contribution in [2.75, 3.05) is 13.6 Å². The average Bonchev–Trinajstić information content (AvgIpc) is 2.27. The van der Waals surface area contributed by atoms with Crippen LogP contribution in [-0.2, 0) is 0 Å². The van der Waals surface area contributed by atoms with Crippen LogP contribution in [0.3, 0.4) is 0 Å². The first-order chi connectivity index (χ1) is 7.24. The van der Waals surface area contributed by atoms with Gasteiger partial charge in [-0.1, -0.05) is 31.5 Å². The highest BCUT2D eigenvalue weighted by Crippen LogP contribution is 2.09. The lowest BCUT2D eigenvalue weighted by Crippen LogP contribution is -2.34. The molecule has 0 saturated heterocycles. The van der Waals surface area contributed by atoms with Crippen molar-refractivity contribution in [3.63, 3.8) is 0 Å². The lowest BCUT2D eigenvalue weighted by Gasteiger charge is -2.17. The second kappa shape index (κ2) is 6.06. The van der Waals surface area contributed by atoms with Crippen LogP contribution in [0.5, 0.6) is 0 Å². The Morgan fingerprint density at radius 1 is 1.33 bits per heavy atom. The molecule has 0 saturated carbocycles. The minimum Gasteiger partial charge on any atom is -0.369 e. The third kappa shape index (κ3) is 4.02. The monoisotopic (exact) mass is 205 g/mol. The van der Waals surface area contributed by atoms with E-state index in [-0.39, 0.29) is 0 Å². The summed E-state index contributed by atoms with van der Waals surface area (Å²) in [5, 5.41) is 0. The molecule has 0 heterocycles. The molecular formula is C12H19N3. The van der Waals surface area contributed by atoms with E-state index >= 15 is 0 Å². The van der Waals surface area contributed by atoms with E-state index in [2.05, 4.69) is 11.9 Å². The number of hydrogen-bond donors (Lipinski definition) is 1. The van der Waals surface area contributed by atoms with Gasteiger partial charge in [-0.2, -0.15) is 0 Å². The molecular weight excluding hydrogens is 186 g/mol. The molecule has 1 rings (SSSR count). The highest BCUT2D eigenvalue weighted by atomic mass is 15.2. The topological polar surface area (TPSA) is 41.6 Å². The molecule has 1 aromatic rings. The van der Waals surface area contributed by atoms with Gasteiger partial charge in [0.1, 0.15) is 0 Å². The Balaban J connectivity index is 2.59. The summed E-state index contributed by atoms with van der Waals surface area (Å²) in [5.74, 6) is 0.578. The summed E-state index contributed by atoms with van der Waals surface area (Å²) in [4.78, 5) is 6.31. The Bertz CT molecular complexity index is 306. The van der Waals surface area contributed by atoms with Gasteiger partial charge in [-0.05, 0) is 18.6 Å². The molecule has 3 heteroatoms. The zero-order chi connectivity index (χ0) is 11.1. The van der Waals surface area contributed by atoms with E-state index in [0.717, 1.165) is 18.7 Å². The first kappa shape index (κ1) is 11.6. The molecule has 0 radical (unpaired) electrons. The minimum absolute atomic E-state index is 0.578. The molecule has 1 aromatic carbocycles. The standard InChI is InChI=1S/C12H19N3/c1-3-4-10-15(2)12(13)14-11-8-6-5-7-9-11/h5-9H,3-4,10H2,1-2H3,(H2,13,14). The first-order valence-corrected chi connectivity index (χ1v) is 5.34. The number of guanidine groups is 1. The van der Waals surface area contributed by atoms with E-state index in [9.17, 15) is 0 Å². The normalized spacial score (nSPS) is 11.5. The van der Waals surface area contributed by atoms with Crippen LogP contribution < -0.4 is 5.73 Å². The first-order valence-electron chi connectivity index (χ1n) is 5.34. The fraction of sp³-hybridized carbons (Fsp3) is 0.417. The maximum atomic E-state index is 5.87. The van der Waals surface area contributed by atoms with Crippen LogP contribution in [0.1, 0.15) is 19.8 Å². The molecule has 3 nitrogen and oxygen atoms in total. The van der Waals surface area contributed by atoms with Gasteiger partial charge in [-0.25, -0.2) is 4.99 Å². The number of para-hydroxylation sites is 1. The van der Waals surface area contributed by atoms with Crippen LogP contribution in [0.25, 0.3) is 0 Å².